The molecule has 1 fully saturated rings. The van der Waals surface area contributed by atoms with Gasteiger partial charge in [0.15, 0.2) is 5.60 Å². The van der Waals surface area contributed by atoms with Gasteiger partial charge < -0.3 is 23.7 Å². The topological polar surface area (TPSA) is 63.2 Å². The number of fused-ring (bicyclic) bond motifs is 6. The number of Topliss-reactive ketones (excluding diaryl/α,β-unsaturated/α-hetero) is 1. The molecular formula is C86H142O6. The first-order valence-corrected chi connectivity index (χ1v) is 39.4. The fraction of sp³-hybridized carbons (Fsp3) is 0.826. The normalized spacial score (nSPS) is 27.7. The molecule has 8 rings (SSSR count). The second-order valence-electron chi connectivity index (χ2n) is 35.6. The molecule has 2 aromatic rings. The van der Waals surface area contributed by atoms with Crippen molar-refractivity contribution in [3.05, 3.63) is 55.7 Å². The number of rotatable bonds is 36. The Kier molecular flexibility index (Phi) is 25.8. The molecule has 1 spiro atoms. The van der Waals surface area contributed by atoms with Crippen molar-refractivity contribution in [3.63, 3.8) is 0 Å². The van der Waals surface area contributed by atoms with Gasteiger partial charge in [-0.2, -0.15) is 0 Å². The third-order valence-electron chi connectivity index (χ3n) is 25.7. The zero-order valence-corrected chi connectivity index (χ0v) is 63.9. The Labute approximate surface area is 566 Å². The van der Waals surface area contributed by atoms with Gasteiger partial charge in [0.2, 0.25) is 11.6 Å². The van der Waals surface area contributed by atoms with Crippen LogP contribution in [0.2, 0.25) is 0 Å². The number of carbonyl (C=O) groups is 1. The highest BCUT2D eigenvalue weighted by Crippen LogP contribution is 2.70. The van der Waals surface area contributed by atoms with Crippen LogP contribution in [0.3, 0.4) is 0 Å². The first-order chi connectivity index (χ1) is 43.4. The van der Waals surface area contributed by atoms with E-state index < -0.39 is 22.4 Å². The molecule has 5 aliphatic heterocycles. The Hall–Kier alpha value is -2.99. The molecule has 5 heterocycles. The summed E-state index contributed by atoms with van der Waals surface area (Å²) in [4.78, 5) is 16.3. The van der Waals surface area contributed by atoms with Gasteiger partial charge in [-0.05, 0) is 215 Å². The van der Waals surface area contributed by atoms with E-state index in [-0.39, 0.29) is 17.0 Å². The van der Waals surface area contributed by atoms with Crippen molar-refractivity contribution in [2.45, 2.75) is 398 Å². The van der Waals surface area contributed by atoms with Gasteiger partial charge in [0.05, 0.1) is 11.0 Å². The molecule has 0 unspecified atom stereocenters. The molecule has 0 aromatic heterocycles. The van der Waals surface area contributed by atoms with Crippen LogP contribution in [0.15, 0.2) is 11.1 Å². The molecule has 92 heavy (non-hydrogen) atoms. The average molecular weight is 1270 g/mol. The van der Waals surface area contributed by atoms with Crippen LogP contribution in [0.1, 0.15) is 361 Å². The average Bonchev–Trinajstić information content (AvgIpc) is 1.13. The van der Waals surface area contributed by atoms with Crippen molar-refractivity contribution >= 4 is 5.78 Å². The predicted octanol–water partition coefficient (Wildman–Crippen LogP) is 24.9. The summed E-state index contributed by atoms with van der Waals surface area (Å²) < 4.78 is 39.0. The van der Waals surface area contributed by atoms with Crippen molar-refractivity contribution in [2.24, 2.45) is 58.7 Å². The summed E-state index contributed by atoms with van der Waals surface area (Å²) in [5.74, 6) is 9.84. The second kappa shape index (κ2) is 31.7. The van der Waals surface area contributed by atoms with Crippen LogP contribution in [-0.4, -0.2) is 34.0 Å². The van der Waals surface area contributed by atoms with Crippen molar-refractivity contribution in [2.75, 3.05) is 0 Å². The first-order valence-electron chi connectivity index (χ1n) is 39.4. The monoisotopic (exact) mass is 1270 g/mol. The molecule has 1 saturated heterocycles. The maximum atomic E-state index is 16.3. The van der Waals surface area contributed by atoms with E-state index in [9.17, 15) is 0 Å². The fourth-order valence-corrected chi connectivity index (χ4v) is 18.7. The van der Waals surface area contributed by atoms with Crippen molar-refractivity contribution in [3.8, 4) is 23.0 Å². The number of ketones is 1. The van der Waals surface area contributed by atoms with E-state index >= 15 is 4.79 Å². The highest BCUT2D eigenvalue weighted by Gasteiger charge is 2.79. The van der Waals surface area contributed by atoms with E-state index in [4.69, 9.17) is 23.7 Å². The standard InChI is InChI=1S/C86H142O6/c1-57(2)31-22-34-60(7)37-25-40-63(10)43-28-48-81(19)51-46-72-74-55-84-54-53-83(21,50-30-45-65(12)42-27-39-62(9)36-24-33-59(5)6)92-86(84,91-79(74)69(16)67(14)76(72)88-81)71(18)70(17)80(87)85(84)56-75-73-47-52-82(20,89-77(73)66(13)68(15)78(75)90-85)49-29-44-64(11)41-26-38-61(8)35-23-32-58(3)4/h57-65H,22-56H2,1-21H3/t60-,61-,62-,63-,64-,65-,81-,82-,83-,84-,85-,86-/m1/s1. The van der Waals surface area contributed by atoms with Gasteiger partial charge in [0, 0.05) is 39.8 Å². The van der Waals surface area contributed by atoms with Gasteiger partial charge in [-0.1, -0.05) is 224 Å². The Balaban J connectivity index is 1.05. The maximum Gasteiger partial charge on any atom is 0.244 e. The van der Waals surface area contributed by atoms with Crippen molar-refractivity contribution < 1.29 is 28.5 Å². The van der Waals surface area contributed by atoms with Crippen LogP contribution in [0.25, 0.3) is 0 Å². The van der Waals surface area contributed by atoms with Crippen LogP contribution in [0.5, 0.6) is 23.0 Å². The lowest BCUT2D eigenvalue weighted by Crippen LogP contribution is -2.78. The van der Waals surface area contributed by atoms with E-state index in [1.807, 2.05) is 0 Å². The SMILES string of the molecule is CC1=C(C)[C@]23Oc4c(C)c(C)c5c(c4C[C@]2(CC[C@@](C)(CCC[C@H](C)CCC[C@H](C)CCCC(C)C)O3)[C@@]2(Cc3c4c(c(C)c(C)c3O2)O[C@](C)(CCC[C@H](C)CCC[C@H](C)CCCC(C)C)CC4)C1=O)CC[C@@](C)(CCC[C@H](C)CCC[C@H](C)CCCC(C)C)O5. The Morgan fingerprint density at radius 3 is 1.03 bits per heavy atom. The second-order valence-corrected chi connectivity index (χ2v) is 35.6. The quantitative estimate of drug-likeness (QED) is 0.0677. The fourth-order valence-electron chi connectivity index (χ4n) is 18.7. The van der Waals surface area contributed by atoms with Crippen LogP contribution in [0, 0.1) is 86.4 Å². The van der Waals surface area contributed by atoms with Gasteiger partial charge in [0.1, 0.15) is 34.2 Å². The summed E-state index contributed by atoms with van der Waals surface area (Å²) in [6.45, 7) is 49.3. The van der Waals surface area contributed by atoms with Gasteiger partial charge in [-0.3, -0.25) is 4.79 Å². The van der Waals surface area contributed by atoms with Crippen LogP contribution >= 0.6 is 0 Å². The lowest BCUT2D eigenvalue weighted by Gasteiger charge is -2.66. The summed E-state index contributed by atoms with van der Waals surface area (Å²) in [6, 6.07) is 0. The molecule has 6 aliphatic rings. The highest BCUT2D eigenvalue weighted by atomic mass is 16.7. The van der Waals surface area contributed by atoms with E-state index in [0.29, 0.717) is 18.8 Å². The number of benzene rings is 2. The Bertz CT molecular complexity index is 2800. The van der Waals surface area contributed by atoms with Crippen LogP contribution in [0.4, 0.5) is 0 Å². The Morgan fingerprint density at radius 1 is 0.348 bits per heavy atom. The van der Waals surface area contributed by atoms with E-state index in [1.54, 1.807) is 0 Å². The summed E-state index contributed by atoms with van der Waals surface area (Å²) in [7, 11) is 0. The van der Waals surface area contributed by atoms with Crippen molar-refractivity contribution in [1.29, 1.82) is 0 Å². The lowest BCUT2D eigenvalue weighted by atomic mass is 9.49. The van der Waals surface area contributed by atoms with Crippen LogP contribution in [-0.2, 0) is 35.2 Å². The Morgan fingerprint density at radius 2 is 0.663 bits per heavy atom. The molecule has 0 amide bonds. The summed E-state index contributed by atoms with van der Waals surface area (Å²) in [5, 5.41) is 0. The van der Waals surface area contributed by atoms with Crippen molar-refractivity contribution in [1.82, 2.24) is 0 Å². The molecule has 522 valence electrons. The summed E-state index contributed by atoms with van der Waals surface area (Å²) in [6.07, 6.45) is 41.0. The molecule has 0 N–H and O–H groups in total. The number of ether oxygens (including phenoxy) is 5. The minimum absolute atomic E-state index is 0.109. The number of hydrogen-bond acceptors (Lipinski definition) is 6. The zero-order valence-electron chi connectivity index (χ0n) is 63.9. The molecule has 0 bridgehead atoms. The maximum absolute atomic E-state index is 16.3. The summed E-state index contributed by atoms with van der Waals surface area (Å²) in [5.41, 5.74) is 8.13. The van der Waals surface area contributed by atoms with E-state index in [0.717, 1.165) is 162 Å². The molecule has 0 saturated carbocycles. The van der Waals surface area contributed by atoms with Crippen LogP contribution < -0.4 is 18.9 Å². The largest absolute Gasteiger partial charge is 0.487 e. The van der Waals surface area contributed by atoms with Gasteiger partial charge in [0.25, 0.3) is 0 Å². The minimum atomic E-state index is -1.24. The van der Waals surface area contributed by atoms with Gasteiger partial charge >= 0.3 is 0 Å². The first kappa shape index (κ1) is 74.8. The van der Waals surface area contributed by atoms with Gasteiger partial charge in [-0.25, -0.2) is 0 Å². The lowest BCUT2D eigenvalue weighted by molar-refractivity contribution is -0.347. The molecule has 0 radical (unpaired) electrons. The third-order valence-corrected chi connectivity index (χ3v) is 25.7. The summed E-state index contributed by atoms with van der Waals surface area (Å²) >= 11 is 0. The molecule has 2 aromatic carbocycles. The van der Waals surface area contributed by atoms with Gasteiger partial charge in [-0.15, -0.1) is 0 Å². The zero-order chi connectivity index (χ0) is 67.1. The third kappa shape index (κ3) is 16.9. The van der Waals surface area contributed by atoms with E-state index in [1.165, 1.54) is 175 Å². The molecule has 1 aliphatic carbocycles. The smallest absolute Gasteiger partial charge is 0.244 e. The van der Waals surface area contributed by atoms with E-state index in [2.05, 4.69) is 145 Å². The molecule has 12 atom stereocenters. The minimum Gasteiger partial charge on any atom is -0.487 e. The predicted molar refractivity (Wildman–Crippen MR) is 389 cm³/mol. The number of carbonyl (C=O) groups excluding carboxylic acids is 1. The molecule has 6 nitrogen and oxygen atoms in total. The highest BCUT2D eigenvalue weighted by molar-refractivity contribution is 6.06. The molecule has 6 heteroatoms. The molecular weight excluding hydrogens is 1130 g/mol. The number of hydrogen-bond donors (Lipinski definition) is 0.